The Morgan fingerprint density at radius 2 is 1.17 bits per heavy atom. The number of Topliss-reactive ketones (excluding diaryl/α,β-unsaturated/α-hetero) is 2. The fourth-order valence-corrected chi connectivity index (χ4v) is 7.88. The fourth-order valence-electron chi connectivity index (χ4n) is 5.29. The number of rotatable bonds is 12. The molecule has 2 unspecified atom stereocenters. The lowest BCUT2D eigenvalue weighted by Gasteiger charge is -2.21. The third kappa shape index (κ3) is 6.14. The molecule has 5 rings (SSSR count). The Labute approximate surface area is 251 Å². The van der Waals surface area contributed by atoms with Crippen molar-refractivity contribution in [1.82, 2.24) is 30.0 Å². The van der Waals surface area contributed by atoms with E-state index in [1.807, 2.05) is 0 Å². The molecular weight excluding hydrogens is 580 g/mol. The lowest BCUT2D eigenvalue weighted by Crippen LogP contribution is -2.41. The molecular formula is C28H32N6O6S2. The number of thioether (sulfide) groups is 2. The predicted octanol–water partition coefficient (Wildman–Crippen LogP) is 1.39. The van der Waals surface area contributed by atoms with Crippen LogP contribution < -0.4 is 0 Å². The highest BCUT2D eigenvalue weighted by molar-refractivity contribution is 8.00. The van der Waals surface area contributed by atoms with Crippen molar-refractivity contribution >= 4 is 47.0 Å². The molecule has 12 nitrogen and oxygen atoms in total. The zero-order chi connectivity index (χ0) is 29.7. The number of ether oxygens (including phenoxy) is 2. The highest BCUT2D eigenvalue weighted by Gasteiger charge is 2.51. The molecule has 1 aromatic carbocycles. The minimum atomic E-state index is -1.18. The van der Waals surface area contributed by atoms with Crippen LogP contribution in [0.25, 0.3) is 0 Å². The topological polar surface area (TPSA) is 148 Å². The molecule has 2 atom stereocenters. The lowest BCUT2D eigenvalue weighted by molar-refractivity contribution is -0.156. The second-order valence-electron chi connectivity index (χ2n) is 10.6. The van der Waals surface area contributed by atoms with Gasteiger partial charge in [0.05, 0.1) is 37.1 Å². The molecule has 2 aromatic heterocycles. The maximum absolute atomic E-state index is 12.5. The van der Waals surface area contributed by atoms with E-state index in [0.717, 1.165) is 24.0 Å². The monoisotopic (exact) mass is 612 g/mol. The van der Waals surface area contributed by atoms with E-state index in [4.69, 9.17) is 9.47 Å². The number of carbonyl (C=O) groups is 4. The van der Waals surface area contributed by atoms with Gasteiger partial charge in [-0.1, -0.05) is 34.7 Å². The van der Waals surface area contributed by atoms with Crippen LogP contribution in [-0.2, 0) is 67.4 Å². The van der Waals surface area contributed by atoms with Crippen molar-refractivity contribution in [2.75, 3.05) is 37.2 Å². The van der Waals surface area contributed by atoms with E-state index in [1.54, 1.807) is 21.8 Å². The number of hydrogen-bond donors (Lipinski definition) is 0. The maximum atomic E-state index is 12.5. The van der Waals surface area contributed by atoms with E-state index < -0.39 is 22.8 Å². The zero-order valence-corrected chi connectivity index (χ0v) is 25.1. The van der Waals surface area contributed by atoms with Crippen LogP contribution in [0.2, 0.25) is 0 Å². The van der Waals surface area contributed by atoms with Crippen molar-refractivity contribution in [1.29, 1.82) is 0 Å². The lowest BCUT2D eigenvalue weighted by atomic mass is 9.82. The summed E-state index contributed by atoms with van der Waals surface area (Å²) in [4.78, 5) is 49.8. The summed E-state index contributed by atoms with van der Waals surface area (Å²) in [5, 5.41) is 16.8. The molecule has 0 spiro atoms. The van der Waals surface area contributed by atoms with Crippen LogP contribution in [0.1, 0.15) is 22.5 Å². The van der Waals surface area contributed by atoms with Crippen LogP contribution >= 0.6 is 23.5 Å². The summed E-state index contributed by atoms with van der Waals surface area (Å²) in [6.45, 7) is 1.21. The standard InChI is InChI=1S/C28H32N6O6S2/c1-39-25(37)27(17-41-15-23(27)35)11-21-13-33(31-29-21)9-7-19-3-5-20(6-4-19)8-10-34-14-22(30-32-34)12-28(26(38)40-2)18-42-16-24(28)36/h3-6,13-14H,7-12,15-18H2,1-2H3. The van der Waals surface area contributed by atoms with Crippen molar-refractivity contribution in [3.05, 3.63) is 59.2 Å². The van der Waals surface area contributed by atoms with Gasteiger partial charge < -0.3 is 9.47 Å². The molecule has 42 heavy (non-hydrogen) atoms. The van der Waals surface area contributed by atoms with Gasteiger partial charge in [0, 0.05) is 49.8 Å². The molecule has 0 bridgehead atoms. The summed E-state index contributed by atoms with van der Waals surface area (Å²) in [5.74, 6) is 0.135. The average molecular weight is 613 g/mol. The molecule has 2 aliphatic rings. The van der Waals surface area contributed by atoms with Crippen LogP contribution in [0.5, 0.6) is 0 Å². The minimum absolute atomic E-state index is 0.120. The minimum Gasteiger partial charge on any atom is -0.468 e. The molecule has 0 amide bonds. The zero-order valence-electron chi connectivity index (χ0n) is 23.5. The number of benzene rings is 1. The van der Waals surface area contributed by atoms with E-state index in [1.165, 1.54) is 37.7 Å². The van der Waals surface area contributed by atoms with Gasteiger partial charge in [-0.2, -0.15) is 23.5 Å². The van der Waals surface area contributed by atoms with Crippen LogP contribution in [0.3, 0.4) is 0 Å². The number of ketones is 2. The van der Waals surface area contributed by atoms with Crippen LogP contribution in [0.4, 0.5) is 0 Å². The summed E-state index contributed by atoms with van der Waals surface area (Å²) in [6, 6.07) is 8.29. The summed E-state index contributed by atoms with van der Waals surface area (Å²) in [7, 11) is 2.60. The summed E-state index contributed by atoms with van der Waals surface area (Å²) >= 11 is 2.87. The number of aromatic nitrogens is 6. The molecule has 0 radical (unpaired) electrons. The summed E-state index contributed by atoms with van der Waals surface area (Å²) in [6.07, 6.45) is 5.44. The molecule has 2 fully saturated rings. The van der Waals surface area contributed by atoms with E-state index >= 15 is 0 Å². The van der Waals surface area contributed by atoms with Gasteiger partial charge in [0.1, 0.15) is 10.8 Å². The van der Waals surface area contributed by atoms with Crippen LogP contribution in [0.15, 0.2) is 36.7 Å². The Hall–Kier alpha value is -3.52. The first-order chi connectivity index (χ1) is 20.3. The smallest absolute Gasteiger partial charge is 0.320 e. The quantitative estimate of drug-likeness (QED) is 0.215. The molecule has 0 aliphatic carbocycles. The molecule has 4 heterocycles. The van der Waals surface area contributed by atoms with Crippen LogP contribution in [-0.4, -0.2) is 90.7 Å². The molecule has 3 aromatic rings. The average Bonchev–Trinajstić information content (AvgIpc) is 3.80. The molecule has 222 valence electrons. The van der Waals surface area contributed by atoms with Crippen LogP contribution in [0, 0.1) is 10.8 Å². The Morgan fingerprint density at radius 1 is 0.762 bits per heavy atom. The first-order valence-corrected chi connectivity index (χ1v) is 15.8. The van der Waals surface area contributed by atoms with Gasteiger partial charge in [-0.3, -0.25) is 28.5 Å². The van der Waals surface area contributed by atoms with Crippen molar-refractivity contribution in [3.63, 3.8) is 0 Å². The predicted molar refractivity (Wildman–Crippen MR) is 155 cm³/mol. The van der Waals surface area contributed by atoms with Crippen molar-refractivity contribution in [3.8, 4) is 0 Å². The van der Waals surface area contributed by atoms with Gasteiger partial charge in [-0.15, -0.1) is 10.2 Å². The number of hydrogen-bond acceptors (Lipinski definition) is 12. The highest BCUT2D eigenvalue weighted by atomic mass is 32.2. The molecule has 2 saturated heterocycles. The van der Waals surface area contributed by atoms with E-state index in [0.29, 0.717) is 47.5 Å². The van der Waals surface area contributed by atoms with Crippen molar-refractivity contribution in [2.45, 2.75) is 38.8 Å². The van der Waals surface area contributed by atoms with Gasteiger partial charge >= 0.3 is 11.9 Å². The van der Waals surface area contributed by atoms with Gasteiger partial charge in [0.15, 0.2) is 11.6 Å². The maximum Gasteiger partial charge on any atom is 0.320 e. The summed E-state index contributed by atoms with van der Waals surface area (Å²) in [5.41, 5.74) is 1.11. The first kappa shape index (κ1) is 30.0. The van der Waals surface area contributed by atoms with Gasteiger partial charge in [-0.05, 0) is 24.0 Å². The Kier molecular flexibility index (Phi) is 9.11. The first-order valence-electron chi connectivity index (χ1n) is 13.5. The molecule has 0 N–H and O–H groups in total. The number of carbonyl (C=O) groups excluding carboxylic acids is 4. The van der Waals surface area contributed by atoms with E-state index in [2.05, 4.69) is 44.9 Å². The highest BCUT2D eigenvalue weighted by Crippen LogP contribution is 2.38. The number of methoxy groups -OCH3 is 2. The second-order valence-corrected chi connectivity index (χ2v) is 12.6. The molecule has 0 saturated carbocycles. The number of aryl methyl sites for hydroxylation is 4. The van der Waals surface area contributed by atoms with Gasteiger partial charge in [0.25, 0.3) is 0 Å². The van der Waals surface area contributed by atoms with E-state index in [-0.39, 0.29) is 24.4 Å². The Balaban J connectivity index is 1.11. The third-order valence-electron chi connectivity index (χ3n) is 7.80. The number of nitrogens with zero attached hydrogens (tertiary/aromatic N) is 6. The SMILES string of the molecule is COC(=O)C1(Cc2cn(CCc3ccc(CCn4cc(CC5(C(=O)OC)CSCC5=O)nn4)cc3)nn2)CSCC1=O. The number of esters is 2. The summed E-state index contributed by atoms with van der Waals surface area (Å²) < 4.78 is 13.3. The molecule has 14 heteroatoms. The van der Waals surface area contributed by atoms with Gasteiger partial charge in [0.2, 0.25) is 0 Å². The largest absolute Gasteiger partial charge is 0.468 e. The van der Waals surface area contributed by atoms with Crippen molar-refractivity contribution in [2.24, 2.45) is 10.8 Å². The second kappa shape index (κ2) is 12.8. The van der Waals surface area contributed by atoms with E-state index in [9.17, 15) is 19.2 Å². The third-order valence-corrected chi connectivity index (χ3v) is 10.1. The van der Waals surface area contributed by atoms with Gasteiger partial charge in [-0.25, -0.2) is 0 Å². The Morgan fingerprint density at radius 3 is 1.50 bits per heavy atom. The Bertz CT molecular complexity index is 1360. The fraction of sp³-hybridized carbons (Fsp3) is 0.500. The van der Waals surface area contributed by atoms with Crippen molar-refractivity contribution < 1.29 is 28.7 Å². The normalized spacial score (nSPS) is 22.0. The molecule has 2 aliphatic heterocycles.